The number of hydrogen-bond donors (Lipinski definition) is 1. The number of fused-ring (bicyclic) bond motifs is 3. The van der Waals surface area contributed by atoms with Crippen molar-refractivity contribution in [1.29, 1.82) is 0 Å². The molecule has 0 spiro atoms. The summed E-state index contributed by atoms with van der Waals surface area (Å²) in [6.45, 7) is 4.73. The molecule has 4 aliphatic heterocycles. The maximum atomic E-state index is 13.2. The summed E-state index contributed by atoms with van der Waals surface area (Å²) in [7, 11) is 0. The first-order chi connectivity index (χ1) is 20.5. The van der Waals surface area contributed by atoms with Gasteiger partial charge in [-0.1, -0.05) is 25.0 Å². The lowest BCUT2D eigenvalue weighted by atomic mass is 10.0. The second kappa shape index (κ2) is 11.5. The summed E-state index contributed by atoms with van der Waals surface area (Å²) in [5.41, 5.74) is 5.24. The number of hydrogen-bond acceptors (Lipinski definition) is 6. The summed E-state index contributed by atoms with van der Waals surface area (Å²) in [6.07, 6.45) is 14.1. The lowest BCUT2D eigenvalue weighted by molar-refractivity contribution is -0.136. The van der Waals surface area contributed by atoms with Crippen LogP contribution in [-0.2, 0) is 61.7 Å². The van der Waals surface area contributed by atoms with Crippen LogP contribution in [0.4, 0.5) is 0 Å². The van der Waals surface area contributed by atoms with Gasteiger partial charge in [-0.05, 0) is 49.3 Å². The monoisotopic (exact) mass is 569 g/mol. The van der Waals surface area contributed by atoms with Crippen molar-refractivity contribution in [2.24, 2.45) is 0 Å². The normalized spacial score (nSPS) is 20.6. The Morgan fingerprint density at radius 3 is 2.12 bits per heavy atom. The number of carbonyl (C=O) groups is 3. The molecule has 10 nitrogen and oxygen atoms in total. The summed E-state index contributed by atoms with van der Waals surface area (Å²) in [6, 6.07) is 5.48. The Hall–Kier alpha value is -3.79. The smallest absolute Gasteiger partial charge is 0.255 e. The molecule has 7 rings (SSSR count). The summed E-state index contributed by atoms with van der Waals surface area (Å²) >= 11 is 0. The Kier molecular flexibility index (Phi) is 7.39. The fraction of sp³-hybridized carbons (Fsp3) is 0.531. The van der Waals surface area contributed by atoms with Crippen molar-refractivity contribution >= 4 is 17.7 Å². The van der Waals surface area contributed by atoms with Crippen molar-refractivity contribution in [3.8, 4) is 0 Å². The van der Waals surface area contributed by atoms with E-state index in [-0.39, 0.29) is 24.1 Å². The molecule has 10 heteroatoms. The Morgan fingerprint density at radius 1 is 0.810 bits per heavy atom. The lowest BCUT2D eigenvalue weighted by Crippen LogP contribution is -2.52. The Morgan fingerprint density at radius 2 is 1.48 bits per heavy atom. The molecular formula is C32H39N7O3. The largest absolute Gasteiger partial charge is 0.331 e. The summed E-state index contributed by atoms with van der Waals surface area (Å²) < 4.78 is 4.85. The molecule has 220 valence electrons. The van der Waals surface area contributed by atoms with Crippen molar-refractivity contribution in [3.63, 3.8) is 0 Å². The number of carbonyl (C=O) groups excluding carboxylic acids is 3. The van der Waals surface area contributed by atoms with Gasteiger partial charge in [0.2, 0.25) is 11.8 Å². The molecule has 6 heterocycles. The van der Waals surface area contributed by atoms with E-state index >= 15 is 0 Å². The van der Waals surface area contributed by atoms with Crippen LogP contribution in [0.15, 0.2) is 30.6 Å². The van der Waals surface area contributed by atoms with Crippen molar-refractivity contribution in [1.82, 2.24) is 34.2 Å². The van der Waals surface area contributed by atoms with E-state index in [1.807, 2.05) is 12.1 Å². The van der Waals surface area contributed by atoms with E-state index in [9.17, 15) is 14.4 Å². The zero-order valence-corrected chi connectivity index (χ0v) is 24.2. The highest BCUT2D eigenvalue weighted by Crippen LogP contribution is 2.29. The van der Waals surface area contributed by atoms with Crippen LogP contribution in [0.5, 0.6) is 0 Å². The number of aromatic nitrogens is 4. The number of benzene rings is 1. The second-order valence-corrected chi connectivity index (χ2v) is 12.3. The topological polar surface area (TPSA) is 105 Å². The third kappa shape index (κ3) is 5.28. The van der Waals surface area contributed by atoms with Crippen molar-refractivity contribution in [2.45, 2.75) is 110 Å². The summed E-state index contributed by atoms with van der Waals surface area (Å²) in [5, 5.41) is 2.39. The molecule has 1 saturated heterocycles. The van der Waals surface area contributed by atoms with Crippen molar-refractivity contribution < 1.29 is 14.4 Å². The minimum atomic E-state index is -0.600. The van der Waals surface area contributed by atoms with Crippen LogP contribution in [0.3, 0.4) is 0 Å². The van der Waals surface area contributed by atoms with Gasteiger partial charge in [-0.25, -0.2) is 9.97 Å². The van der Waals surface area contributed by atoms with Crippen molar-refractivity contribution in [2.75, 3.05) is 0 Å². The molecule has 0 radical (unpaired) electrons. The third-order valence-corrected chi connectivity index (χ3v) is 9.37. The van der Waals surface area contributed by atoms with E-state index in [2.05, 4.69) is 37.8 Å². The average Bonchev–Trinajstić information content (AvgIpc) is 3.48. The highest BCUT2D eigenvalue weighted by atomic mass is 16.2. The maximum absolute atomic E-state index is 13.2. The molecule has 0 bridgehead atoms. The molecule has 1 unspecified atom stereocenters. The first-order valence-corrected chi connectivity index (χ1v) is 15.6. The number of rotatable bonds is 7. The Labute approximate surface area is 246 Å². The Balaban J connectivity index is 1.14. The van der Waals surface area contributed by atoms with Gasteiger partial charge in [0.1, 0.15) is 17.7 Å². The van der Waals surface area contributed by atoms with Crippen LogP contribution in [0.2, 0.25) is 0 Å². The number of imidazole rings is 2. The fourth-order valence-corrected chi connectivity index (χ4v) is 7.17. The molecule has 42 heavy (non-hydrogen) atoms. The molecule has 4 aliphatic rings. The van der Waals surface area contributed by atoms with Crippen LogP contribution in [0.25, 0.3) is 0 Å². The number of nitrogens with zero attached hydrogens (tertiary/aromatic N) is 6. The Bertz CT molecular complexity index is 1460. The zero-order chi connectivity index (χ0) is 28.6. The third-order valence-electron chi connectivity index (χ3n) is 9.37. The van der Waals surface area contributed by atoms with Gasteiger partial charge < -0.3 is 14.0 Å². The number of piperidine rings is 1. The van der Waals surface area contributed by atoms with Crippen molar-refractivity contribution in [3.05, 3.63) is 70.3 Å². The number of imide groups is 1. The maximum Gasteiger partial charge on any atom is 0.255 e. The van der Waals surface area contributed by atoms with E-state index in [0.717, 1.165) is 56.7 Å². The number of aryl methyl sites for hydroxylation is 2. The van der Waals surface area contributed by atoms with Gasteiger partial charge in [-0.2, -0.15) is 0 Å². The summed E-state index contributed by atoms with van der Waals surface area (Å²) in [4.78, 5) is 51.1. The van der Waals surface area contributed by atoms with E-state index in [4.69, 9.17) is 9.97 Å². The second-order valence-electron chi connectivity index (χ2n) is 12.3. The van der Waals surface area contributed by atoms with Crippen LogP contribution in [0, 0.1) is 0 Å². The predicted octanol–water partition coefficient (Wildman–Crippen LogP) is 3.50. The van der Waals surface area contributed by atoms with Gasteiger partial charge in [0, 0.05) is 76.5 Å². The van der Waals surface area contributed by atoms with E-state index in [1.165, 1.54) is 61.6 Å². The van der Waals surface area contributed by atoms with Gasteiger partial charge in [-0.3, -0.25) is 24.6 Å². The van der Waals surface area contributed by atoms with Crippen LogP contribution in [-0.4, -0.2) is 52.7 Å². The van der Waals surface area contributed by atoms with Gasteiger partial charge in [0.05, 0.1) is 11.4 Å². The first-order valence-electron chi connectivity index (χ1n) is 15.6. The minimum Gasteiger partial charge on any atom is -0.331 e. The molecule has 3 amide bonds. The summed E-state index contributed by atoms with van der Waals surface area (Å²) in [5.74, 6) is 1.62. The molecule has 0 aliphatic carbocycles. The van der Waals surface area contributed by atoms with Gasteiger partial charge >= 0.3 is 0 Å². The van der Waals surface area contributed by atoms with E-state index in [0.29, 0.717) is 18.5 Å². The molecule has 3 aromatic rings. The quantitative estimate of drug-likeness (QED) is 0.437. The van der Waals surface area contributed by atoms with Crippen LogP contribution in [0.1, 0.15) is 95.9 Å². The van der Waals surface area contributed by atoms with E-state index in [1.54, 1.807) is 4.90 Å². The highest BCUT2D eigenvalue weighted by molar-refractivity contribution is 6.05. The molecule has 2 aromatic heterocycles. The zero-order valence-electron chi connectivity index (χ0n) is 24.2. The average molecular weight is 570 g/mol. The SMILES string of the molecule is O=C1CCC(N2Cc3cc(CN(Cc4cnc5n4CCCCC5)Cc4cnc5n4CCCCC5)ccc3C2=O)C(=O)N1. The molecular weight excluding hydrogens is 530 g/mol. The number of nitrogens with one attached hydrogen (secondary N) is 1. The van der Waals surface area contributed by atoms with Gasteiger partial charge in [0.15, 0.2) is 0 Å². The first kappa shape index (κ1) is 27.1. The fourth-order valence-electron chi connectivity index (χ4n) is 7.17. The van der Waals surface area contributed by atoms with Crippen LogP contribution < -0.4 is 5.32 Å². The highest BCUT2D eigenvalue weighted by Gasteiger charge is 2.39. The lowest BCUT2D eigenvalue weighted by Gasteiger charge is -2.29. The molecule has 1 N–H and O–H groups in total. The molecule has 1 aromatic carbocycles. The molecule has 1 fully saturated rings. The standard InChI is InChI=1S/C32H39N7O3/c40-30-12-11-27(31(41)35-30)39-19-23-15-22(9-10-26(23)32(39)42)18-36(20-24-16-33-28-7-3-1-5-13-37(24)28)21-25-17-34-29-8-4-2-6-14-38(25)29/h9-10,15-17,27H,1-8,11-14,18-21H2,(H,35,40,41). The molecule has 0 saturated carbocycles. The minimum absolute atomic E-state index is 0.133. The van der Waals surface area contributed by atoms with E-state index < -0.39 is 6.04 Å². The van der Waals surface area contributed by atoms with Crippen LogP contribution >= 0.6 is 0 Å². The van der Waals surface area contributed by atoms with Gasteiger partial charge in [0.25, 0.3) is 5.91 Å². The number of amides is 3. The predicted molar refractivity (Wildman–Crippen MR) is 155 cm³/mol. The van der Waals surface area contributed by atoms with Gasteiger partial charge in [-0.15, -0.1) is 0 Å². The molecule has 1 atom stereocenters.